The number of nitrogens with zero attached hydrogens (tertiary/aromatic N) is 4. The molecule has 130 valence electrons. The van der Waals surface area contributed by atoms with Crippen molar-refractivity contribution in [2.45, 2.75) is 45.1 Å². The molecule has 1 fully saturated rings. The molecule has 3 heterocycles. The molecule has 1 N–H and O–H groups in total. The van der Waals surface area contributed by atoms with Gasteiger partial charge < -0.3 is 15.0 Å². The number of aromatic nitrogens is 3. The highest BCUT2D eigenvalue weighted by Crippen LogP contribution is 2.26. The summed E-state index contributed by atoms with van der Waals surface area (Å²) in [5.74, 6) is 0. The van der Waals surface area contributed by atoms with E-state index in [1.807, 2.05) is 24.1 Å². The molecule has 0 unspecified atom stereocenters. The number of ether oxygens (including phenoxy) is 1. The number of hydrogen-bond donors (Lipinski definition) is 1. The van der Waals surface area contributed by atoms with Crippen LogP contribution < -0.4 is 5.32 Å². The number of hydrogen-bond acceptors (Lipinski definition) is 5. The number of amides is 2. The fourth-order valence-electron chi connectivity index (χ4n) is 2.81. The van der Waals surface area contributed by atoms with E-state index in [0.29, 0.717) is 13.1 Å². The van der Waals surface area contributed by atoms with Crippen LogP contribution in [0.25, 0.3) is 0 Å². The first-order chi connectivity index (χ1) is 11.6. The molecule has 24 heavy (non-hydrogen) atoms. The van der Waals surface area contributed by atoms with E-state index in [0.717, 1.165) is 18.5 Å². The molecule has 2 aromatic rings. The quantitative estimate of drug-likeness (QED) is 0.899. The number of carbonyl (C=O) groups excluding carboxylic acids is 1. The molecule has 1 saturated heterocycles. The lowest BCUT2D eigenvalue weighted by atomic mass is 10.1. The van der Waals surface area contributed by atoms with Crippen LogP contribution in [0.5, 0.6) is 0 Å². The zero-order valence-electron chi connectivity index (χ0n) is 14.0. The average Bonchev–Trinajstić information content (AvgIpc) is 3.25. The van der Waals surface area contributed by atoms with E-state index >= 15 is 0 Å². The molecule has 2 aromatic heterocycles. The summed E-state index contributed by atoms with van der Waals surface area (Å²) in [4.78, 5) is 18.3. The van der Waals surface area contributed by atoms with Crippen LogP contribution >= 0.6 is 11.3 Å². The normalized spacial score (nSPS) is 22.3. The van der Waals surface area contributed by atoms with Crippen molar-refractivity contribution in [1.29, 1.82) is 0 Å². The van der Waals surface area contributed by atoms with Crippen LogP contribution in [0.3, 0.4) is 0 Å². The summed E-state index contributed by atoms with van der Waals surface area (Å²) in [6.07, 6.45) is 3.99. The van der Waals surface area contributed by atoms with Crippen LogP contribution in [-0.4, -0.2) is 50.9 Å². The number of morpholine rings is 1. The summed E-state index contributed by atoms with van der Waals surface area (Å²) in [7, 11) is 0. The highest BCUT2D eigenvalue weighted by Gasteiger charge is 2.30. The van der Waals surface area contributed by atoms with Crippen molar-refractivity contribution in [3.05, 3.63) is 35.0 Å². The summed E-state index contributed by atoms with van der Waals surface area (Å²) in [6, 6.07) is 2.10. The van der Waals surface area contributed by atoms with Crippen LogP contribution in [0.2, 0.25) is 0 Å². The number of carbonyl (C=O) groups is 1. The molecule has 0 spiro atoms. The average molecular weight is 349 g/mol. The SMILES string of the molecule is C[C@H](CCn1cncn1)NC(=O)N1C[C@H](C)O[C@@H](c2ccsc2)C1. The lowest BCUT2D eigenvalue weighted by molar-refractivity contribution is -0.0657. The predicted octanol–water partition coefficient (Wildman–Crippen LogP) is 2.29. The van der Waals surface area contributed by atoms with Gasteiger partial charge in [0, 0.05) is 19.1 Å². The fourth-order valence-corrected chi connectivity index (χ4v) is 3.51. The van der Waals surface area contributed by atoms with Crippen molar-refractivity contribution >= 4 is 17.4 Å². The standard InChI is InChI=1S/C16H23N5O2S/c1-12(3-5-21-11-17-10-18-21)19-16(22)20-7-13(2)23-15(8-20)14-4-6-24-9-14/h4,6,9-13,15H,3,5,7-8H2,1-2H3,(H,19,22)/t12-,13+,15-/m1/s1. The summed E-state index contributed by atoms with van der Waals surface area (Å²) >= 11 is 1.65. The first-order valence-corrected chi connectivity index (χ1v) is 9.11. The highest BCUT2D eigenvalue weighted by molar-refractivity contribution is 7.07. The van der Waals surface area contributed by atoms with Gasteiger partial charge in [-0.15, -0.1) is 0 Å². The van der Waals surface area contributed by atoms with Crippen LogP contribution in [0.15, 0.2) is 29.5 Å². The Kier molecular flexibility index (Phi) is 5.47. The second kappa shape index (κ2) is 7.76. The second-order valence-electron chi connectivity index (χ2n) is 6.19. The summed E-state index contributed by atoms with van der Waals surface area (Å²) in [6.45, 7) is 5.95. The Morgan fingerprint density at radius 2 is 2.42 bits per heavy atom. The molecule has 0 bridgehead atoms. The third-order valence-electron chi connectivity index (χ3n) is 4.09. The molecule has 1 aliphatic rings. The van der Waals surface area contributed by atoms with E-state index in [-0.39, 0.29) is 24.3 Å². The van der Waals surface area contributed by atoms with E-state index in [1.165, 1.54) is 6.33 Å². The number of thiophene rings is 1. The maximum Gasteiger partial charge on any atom is 0.317 e. The number of aryl methyl sites for hydroxylation is 1. The van der Waals surface area contributed by atoms with Crippen molar-refractivity contribution < 1.29 is 9.53 Å². The topological polar surface area (TPSA) is 72.3 Å². The van der Waals surface area contributed by atoms with Crippen molar-refractivity contribution in [3.8, 4) is 0 Å². The maximum absolute atomic E-state index is 12.6. The first-order valence-electron chi connectivity index (χ1n) is 8.17. The smallest absolute Gasteiger partial charge is 0.317 e. The second-order valence-corrected chi connectivity index (χ2v) is 6.97. The molecule has 2 amide bonds. The van der Waals surface area contributed by atoms with E-state index in [9.17, 15) is 4.79 Å². The van der Waals surface area contributed by atoms with Gasteiger partial charge >= 0.3 is 6.03 Å². The molecule has 1 aliphatic heterocycles. The molecular weight excluding hydrogens is 326 g/mol. The Morgan fingerprint density at radius 1 is 1.54 bits per heavy atom. The van der Waals surface area contributed by atoms with Crippen LogP contribution in [-0.2, 0) is 11.3 Å². The zero-order chi connectivity index (χ0) is 16.9. The molecule has 0 aromatic carbocycles. The van der Waals surface area contributed by atoms with E-state index < -0.39 is 0 Å². The van der Waals surface area contributed by atoms with Gasteiger partial charge in [0.2, 0.25) is 0 Å². The predicted molar refractivity (Wildman–Crippen MR) is 91.8 cm³/mol. The van der Waals surface area contributed by atoms with Crippen molar-refractivity contribution in [2.24, 2.45) is 0 Å². The number of urea groups is 1. The Bertz CT molecular complexity index is 631. The van der Waals surface area contributed by atoms with Gasteiger partial charge in [-0.1, -0.05) is 0 Å². The Morgan fingerprint density at radius 3 is 3.12 bits per heavy atom. The molecule has 3 rings (SSSR count). The van der Waals surface area contributed by atoms with E-state index in [1.54, 1.807) is 22.3 Å². The third kappa shape index (κ3) is 4.33. The van der Waals surface area contributed by atoms with E-state index in [2.05, 4.69) is 26.8 Å². The molecule has 0 radical (unpaired) electrons. The molecular formula is C16H23N5O2S. The van der Waals surface area contributed by atoms with Gasteiger partial charge in [0.15, 0.2) is 0 Å². The van der Waals surface area contributed by atoms with Crippen LogP contribution in [0.1, 0.15) is 31.9 Å². The third-order valence-corrected chi connectivity index (χ3v) is 4.79. The Hall–Kier alpha value is -1.93. The molecule has 0 saturated carbocycles. The number of nitrogens with one attached hydrogen (secondary N) is 1. The largest absolute Gasteiger partial charge is 0.367 e. The molecule has 8 heteroatoms. The van der Waals surface area contributed by atoms with Crippen LogP contribution in [0, 0.1) is 0 Å². The minimum absolute atomic E-state index is 0.0276. The van der Waals surface area contributed by atoms with E-state index in [4.69, 9.17) is 4.74 Å². The minimum Gasteiger partial charge on any atom is -0.367 e. The summed E-state index contributed by atoms with van der Waals surface area (Å²) < 4.78 is 7.75. The molecule has 7 nitrogen and oxygen atoms in total. The van der Waals surface area contributed by atoms with Crippen LogP contribution in [0.4, 0.5) is 4.79 Å². The molecule has 0 aliphatic carbocycles. The first kappa shape index (κ1) is 16.9. The summed E-state index contributed by atoms with van der Waals surface area (Å²) in [5.41, 5.74) is 1.14. The van der Waals surface area contributed by atoms with Crippen molar-refractivity contribution in [2.75, 3.05) is 13.1 Å². The van der Waals surface area contributed by atoms with Gasteiger partial charge in [-0.2, -0.15) is 16.4 Å². The highest BCUT2D eigenvalue weighted by atomic mass is 32.1. The molecule has 3 atom stereocenters. The van der Waals surface area contributed by atoms with Crippen molar-refractivity contribution in [1.82, 2.24) is 25.0 Å². The monoisotopic (exact) mass is 349 g/mol. The Labute approximate surface area is 145 Å². The van der Waals surface area contributed by atoms with Gasteiger partial charge in [-0.25, -0.2) is 9.78 Å². The zero-order valence-corrected chi connectivity index (χ0v) is 14.8. The minimum atomic E-state index is -0.0452. The fraction of sp³-hybridized carbons (Fsp3) is 0.562. The summed E-state index contributed by atoms with van der Waals surface area (Å²) in [5, 5.41) is 11.3. The Balaban J connectivity index is 1.51. The van der Waals surface area contributed by atoms with Gasteiger partial charge in [0.1, 0.15) is 18.8 Å². The number of rotatable bonds is 5. The lowest BCUT2D eigenvalue weighted by Gasteiger charge is -2.37. The maximum atomic E-state index is 12.6. The van der Waals surface area contributed by atoms with Gasteiger partial charge in [0.05, 0.1) is 12.6 Å². The van der Waals surface area contributed by atoms with Gasteiger partial charge in [0.25, 0.3) is 0 Å². The lowest BCUT2D eigenvalue weighted by Crippen LogP contribution is -2.51. The van der Waals surface area contributed by atoms with Gasteiger partial charge in [-0.05, 0) is 42.7 Å². The van der Waals surface area contributed by atoms with Crippen molar-refractivity contribution in [3.63, 3.8) is 0 Å². The van der Waals surface area contributed by atoms with Gasteiger partial charge in [-0.3, -0.25) is 4.68 Å².